The molecule has 1 heterocycles. The first-order chi connectivity index (χ1) is 14.6. The summed E-state index contributed by atoms with van der Waals surface area (Å²) >= 11 is 5.26. The molecule has 0 aliphatic carbocycles. The van der Waals surface area contributed by atoms with Crippen molar-refractivity contribution >= 4 is 27.7 Å². The Morgan fingerprint density at radius 3 is 2.70 bits per heavy atom. The molecule has 7 nitrogen and oxygen atoms in total. The summed E-state index contributed by atoms with van der Waals surface area (Å²) in [5.41, 5.74) is 2.07. The first-order valence-corrected chi connectivity index (χ1v) is 11.7. The lowest BCUT2D eigenvalue weighted by Gasteiger charge is -2.17. The van der Waals surface area contributed by atoms with Crippen molar-refractivity contribution in [3.05, 3.63) is 52.5 Å². The van der Waals surface area contributed by atoms with E-state index in [4.69, 9.17) is 9.47 Å². The lowest BCUT2D eigenvalue weighted by Crippen LogP contribution is -2.17. The number of hydrogen-bond acceptors (Lipinski definition) is 7. The standard InChI is InChI=1S/C21H26BrN5O2S/c1-4-28-19-12-16(18(22)13-20(19)29-15(2)3)14-23-10-11-30-21-24-25-26-27(21)17-8-6-5-7-9-17/h5-9,12-13,15,23H,4,10-11,14H2,1-3H3. The van der Waals surface area contributed by atoms with Crippen LogP contribution in [0, 0.1) is 0 Å². The van der Waals surface area contributed by atoms with E-state index in [0.29, 0.717) is 13.2 Å². The first-order valence-electron chi connectivity index (χ1n) is 9.87. The predicted molar refractivity (Wildman–Crippen MR) is 123 cm³/mol. The van der Waals surface area contributed by atoms with Crippen LogP contribution in [0.15, 0.2) is 52.1 Å². The van der Waals surface area contributed by atoms with Crippen molar-refractivity contribution in [2.75, 3.05) is 18.9 Å². The highest BCUT2D eigenvalue weighted by atomic mass is 79.9. The van der Waals surface area contributed by atoms with Gasteiger partial charge >= 0.3 is 0 Å². The second-order valence-corrected chi connectivity index (χ2v) is 8.64. The van der Waals surface area contributed by atoms with Gasteiger partial charge in [0.25, 0.3) is 0 Å². The van der Waals surface area contributed by atoms with E-state index in [1.54, 1.807) is 16.4 Å². The van der Waals surface area contributed by atoms with Crippen LogP contribution in [0.5, 0.6) is 11.5 Å². The predicted octanol–water partition coefficient (Wildman–Crippen LogP) is 4.49. The van der Waals surface area contributed by atoms with E-state index >= 15 is 0 Å². The van der Waals surface area contributed by atoms with E-state index in [9.17, 15) is 0 Å². The maximum Gasteiger partial charge on any atom is 0.214 e. The first kappa shape index (κ1) is 22.6. The molecule has 0 aliphatic heterocycles. The summed E-state index contributed by atoms with van der Waals surface area (Å²) in [6.45, 7) is 8.10. The number of benzene rings is 2. The molecule has 0 aliphatic rings. The molecule has 0 atom stereocenters. The van der Waals surface area contributed by atoms with E-state index in [1.165, 1.54) is 0 Å². The number of nitrogens with zero attached hydrogens (tertiary/aromatic N) is 4. The van der Waals surface area contributed by atoms with Gasteiger partial charge in [-0.2, -0.15) is 4.68 Å². The Labute approximate surface area is 189 Å². The topological polar surface area (TPSA) is 74.1 Å². The van der Waals surface area contributed by atoms with Gasteiger partial charge < -0.3 is 14.8 Å². The van der Waals surface area contributed by atoms with Gasteiger partial charge in [0.15, 0.2) is 11.5 Å². The van der Waals surface area contributed by atoms with Crippen molar-refractivity contribution in [2.45, 2.75) is 38.6 Å². The Morgan fingerprint density at radius 2 is 1.97 bits per heavy atom. The van der Waals surface area contributed by atoms with Crippen molar-refractivity contribution in [3.63, 3.8) is 0 Å². The highest BCUT2D eigenvalue weighted by Gasteiger charge is 2.12. The van der Waals surface area contributed by atoms with Crippen LogP contribution in [-0.2, 0) is 6.54 Å². The number of tetrazole rings is 1. The van der Waals surface area contributed by atoms with Gasteiger partial charge in [-0.1, -0.05) is 45.9 Å². The second kappa shape index (κ2) is 11.3. The molecule has 30 heavy (non-hydrogen) atoms. The molecule has 3 aromatic rings. The summed E-state index contributed by atoms with van der Waals surface area (Å²) in [5.74, 6) is 2.37. The molecule has 0 bridgehead atoms. The van der Waals surface area contributed by atoms with E-state index in [0.717, 1.165) is 44.7 Å². The van der Waals surface area contributed by atoms with Gasteiger partial charge in [0.2, 0.25) is 5.16 Å². The summed E-state index contributed by atoms with van der Waals surface area (Å²) in [7, 11) is 0. The third-order valence-electron chi connectivity index (χ3n) is 4.04. The van der Waals surface area contributed by atoms with Crippen molar-refractivity contribution in [1.29, 1.82) is 0 Å². The summed E-state index contributed by atoms with van der Waals surface area (Å²) in [6.07, 6.45) is 0.0875. The maximum atomic E-state index is 5.87. The van der Waals surface area contributed by atoms with Crippen molar-refractivity contribution in [3.8, 4) is 17.2 Å². The quantitative estimate of drug-likeness (QED) is 0.312. The molecular weight excluding hydrogens is 466 g/mol. The van der Waals surface area contributed by atoms with Gasteiger partial charge in [0.05, 0.1) is 18.4 Å². The zero-order valence-electron chi connectivity index (χ0n) is 17.3. The molecule has 0 saturated carbocycles. The maximum absolute atomic E-state index is 5.87. The average Bonchev–Trinajstić information content (AvgIpc) is 3.19. The molecule has 0 spiro atoms. The van der Waals surface area contributed by atoms with Crippen LogP contribution >= 0.6 is 27.7 Å². The number of thioether (sulfide) groups is 1. The number of rotatable bonds is 11. The van der Waals surface area contributed by atoms with Crippen LogP contribution in [0.1, 0.15) is 26.3 Å². The van der Waals surface area contributed by atoms with Crippen LogP contribution in [0.25, 0.3) is 5.69 Å². The molecule has 0 fully saturated rings. The van der Waals surface area contributed by atoms with E-state index in [1.807, 2.05) is 63.2 Å². The van der Waals surface area contributed by atoms with E-state index < -0.39 is 0 Å². The minimum absolute atomic E-state index is 0.0875. The SMILES string of the molecule is CCOc1cc(CNCCSc2nnnn2-c2ccccc2)c(Br)cc1OC(C)C. The molecule has 0 amide bonds. The second-order valence-electron chi connectivity index (χ2n) is 6.72. The molecular formula is C21H26BrN5O2S. The lowest BCUT2D eigenvalue weighted by molar-refractivity contribution is 0.223. The van der Waals surface area contributed by atoms with Gasteiger partial charge in [-0.3, -0.25) is 0 Å². The minimum atomic E-state index is 0.0875. The van der Waals surface area contributed by atoms with Crippen molar-refractivity contribution < 1.29 is 9.47 Å². The largest absolute Gasteiger partial charge is 0.490 e. The van der Waals surface area contributed by atoms with Crippen LogP contribution in [0.2, 0.25) is 0 Å². The Kier molecular flexibility index (Phi) is 8.53. The molecule has 1 N–H and O–H groups in total. The zero-order valence-corrected chi connectivity index (χ0v) is 19.7. The number of nitrogens with one attached hydrogen (secondary N) is 1. The van der Waals surface area contributed by atoms with Crippen LogP contribution in [0.3, 0.4) is 0 Å². The molecule has 160 valence electrons. The lowest BCUT2D eigenvalue weighted by atomic mass is 10.2. The molecule has 0 unspecified atom stereocenters. The van der Waals surface area contributed by atoms with Gasteiger partial charge in [0, 0.05) is 23.3 Å². The van der Waals surface area contributed by atoms with Crippen molar-refractivity contribution in [1.82, 2.24) is 25.5 Å². The summed E-state index contributed by atoms with van der Waals surface area (Å²) in [5, 5.41) is 16.3. The number of ether oxygens (including phenoxy) is 2. The molecule has 2 aromatic carbocycles. The highest BCUT2D eigenvalue weighted by Crippen LogP contribution is 2.34. The Balaban J connectivity index is 1.54. The third kappa shape index (κ3) is 6.20. The van der Waals surface area contributed by atoms with Crippen LogP contribution in [-0.4, -0.2) is 45.2 Å². The molecule has 0 radical (unpaired) electrons. The minimum Gasteiger partial charge on any atom is -0.490 e. The monoisotopic (exact) mass is 491 g/mol. The third-order valence-corrected chi connectivity index (χ3v) is 5.70. The average molecular weight is 492 g/mol. The normalized spacial score (nSPS) is 11.1. The fourth-order valence-corrected chi connectivity index (χ4v) is 4.01. The zero-order chi connectivity index (χ0) is 21.3. The van der Waals surface area contributed by atoms with Gasteiger partial charge in [0.1, 0.15) is 0 Å². The summed E-state index contributed by atoms with van der Waals surface area (Å²) < 4.78 is 14.4. The van der Waals surface area contributed by atoms with Crippen molar-refractivity contribution in [2.24, 2.45) is 0 Å². The van der Waals surface area contributed by atoms with Gasteiger partial charge in [-0.25, -0.2) is 0 Å². The smallest absolute Gasteiger partial charge is 0.214 e. The molecule has 9 heteroatoms. The Hall–Kier alpha value is -2.10. The van der Waals surface area contributed by atoms with Gasteiger partial charge in [-0.05, 0) is 61.0 Å². The van der Waals surface area contributed by atoms with E-state index in [2.05, 4.69) is 36.8 Å². The van der Waals surface area contributed by atoms with E-state index in [-0.39, 0.29) is 6.10 Å². The fourth-order valence-electron chi connectivity index (χ4n) is 2.76. The summed E-state index contributed by atoms with van der Waals surface area (Å²) in [6, 6.07) is 13.9. The molecule has 3 rings (SSSR count). The molecule has 1 aromatic heterocycles. The van der Waals surface area contributed by atoms with Crippen LogP contribution < -0.4 is 14.8 Å². The Morgan fingerprint density at radius 1 is 1.17 bits per heavy atom. The number of aromatic nitrogens is 4. The number of para-hydroxylation sites is 1. The van der Waals surface area contributed by atoms with Gasteiger partial charge in [-0.15, -0.1) is 5.10 Å². The highest BCUT2D eigenvalue weighted by molar-refractivity contribution is 9.10. The Bertz CT molecular complexity index is 936. The number of halogens is 1. The fraction of sp³-hybridized carbons (Fsp3) is 0.381. The van der Waals surface area contributed by atoms with Crippen LogP contribution in [0.4, 0.5) is 0 Å². The number of hydrogen-bond donors (Lipinski definition) is 1. The summed E-state index contributed by atoms with van der Waals surface area (Å²) in [4.78, 5) is 0. The molecule has 0 saturated heterocycles.